The summed E-state index contributed by atoms with van der Waals surface area (Å²) in [5.41, 5.74) is 1.17. The molecule has 0 aliphatic heterocycles. The topological polar surface area (TPSA) is 37.3 Å². The number of carboxylic acid groups (broad SMARTS) is 1. The van der Waals surface area contributed by atoms with Gasteiger partial charge in [0.25, 0.3) is 0 Å². The van der Waals surface area contributed by atoms with E-state index in [1.165, 1.54) is 15.6 Å². The third-order valence-electron chi connectivity index (χ3n) is 2.75. The van der Waals surface area contributed by atoms with E-state index in [4.69, 9.17) is 5.11 Å². The summed E-state index contributed by atoms with van der Waals surface area (Å²) in [4.78, 5) is 12.6. The van der Waals surface area contributed by atoms with Crippen LogP contribution in [-0.4, -0.2) is 11.1 Å². The largest absolute Gasteiger partial charge is 0.478 e. The molecule has 0 amide bonds. The predicted molar refractivity (Wildman–Crippen MR) is 81.8 cm³/mol. The number of hydrogen-bond acceptors (Lipinski definition) is 3. The number of fused-ring (bicyclic) bond motifs is 1. The number of aliphatic carboxylic acids is 1. The monoisotopic (exact) mass is 286 g/mol. The summed E-state index contributed by atoms with van der Waals surface area (Å²) in [6, 6.07) is 12.5. The second-order valence-corrected chi connectivity index (χ2v) is 6.11. The van der Waals surface area contributed by atoms with Crippen LogP contribution in [0.5, 0.6) is 0 Å². The lowest BCUT2D eigenvalue weighted by molar-refractivity contribution is -0.131. The van der Waals surface area contributed by atoms with Gasteiger partial charge in [0.15, 0.2) is 0 Å². The summed E-state index contributed by atoms with van der Waals surface area (Å²) >= 11 is 3.33. The molecule has 0 atom stereocenters. The summed E-state index contributed by atoms with van der Waals surface area (Å²) < 4.78 is 1.28. The highest BCUT2D eigenvalue weighted by atomic mass is 32.1. The minimum atomic E-state index is -0.922. The van der Waals surface area contributed by atoms with Gasteiger partial charge in [0.05, 0.1) is 0 Å². The molecule has 0 fully saturated rings. The van der Waals surface area contributed by atoms with E-state index in [0.717, 1.165) is 15.8 Å². The average Bonchev–Trinajstić information content (AvgIpc) is 3.04. The quantitative estimate of drug-likeness (QED) is 0.707. The van der Waals surface area contributed by atoms with Crippen LogP contribution >= 0.6 is 22.7 Å². The molecule has 4 heteroatoms. The highest BCUT2D eigenvalue weighted by Gasteiger charge is 2.03. The molecule has 1 aromatic carbocycles. The number of benzene rings is 1. The maximum atomic E-state index is 10.5. The van der Waals surface area contributed by atoms with Gasteiger partial charge in [-0.25, -0.2) is 4.79 Å². The number of rotatable bonds is 3. The lowest BCUT2D eigenvalue weighted by atomic mass is 10.1. The van der Waals surface area contributed by atoms with Crippen LogP contribution < -0.4 is 0 Å². The van der Waals surface area contributed by atoms with Crippen LogP contribution in [0.2, 0.25) is 0 Å². The lowest BCUT2D eigenvalue weighted by Gasteiger charge is -1.97. The van der Waals surface area contributed by atoms with Gasteiger partial charge in [-0.05, 0) is 52.7 Å². The number of hydrogen-bond donors (Lipinski definition) is 1. The highest BCUT2D eigenvalue weighted by Crippen LogP contribution is 2.32. The first-order valence-corrected chi connectivity index (χ1v) is 7.40. The van der Waals surface area contributed by atoms with Crippen molar-refractivity contribution in [1.82, 2.24) is 0 Å². The molecule has 0 saturated heterocycles. The molecule has 3 rings (SSSR count). The maximum Gasteiger partial charge on any atom is 0.328 e. The average molecular weight is 286 g/mol. The molecular weight excluding hydrogens is 276 g/mol. The molecule has 94 valence electrons. The lowest BCUT2D eigenvalue weighted by Crippen LogP contribution is -1.84. The molecule has 0 bridgehead atoms. The van der Waals surface area contributed by atoms with Gasteiger partial charge >= 0.3 is 5.97 Å². The SMILES string of the molecule is O=C(O)C=Cc1ccc(-c2ccc3sccc3c2)s1. The van der Waals surface area contributed by atoms with E-state index in [1.807, 2.05) is 12.1 Å². The Bertz CT molecular complexity index is 765. The molecule has 19 heavy (non-hydrogen) atoms. The van der Waals surface area contributed by atoms with E-state index < -0.39 is 5.97 Å². The fourth-order valence-corrected chi connectivity index (χ4v) is 3.55. The molecule has 2 nitrogen and oxygen atoms in total. The zero-order valence-electron chi connectivity index (χ0n) is 9.87. The normalized spacial score (nSPS) is 11.4. The minimum Gasteiger partial charge on any atom is -0.478 e. The van der Waals surface area contributed by atoms with E-state index in [0.29, 0.717) is 0 Å². The summed E-state index contributed by atoms with van der Waals surface area (Å²) in [5.74, 6) is -0.922. The van der Waals surface area contributed by atoms with Crippen molar-refractivity contribution in [2.45, 2.75) is 0 Å². The number of carbonyl (C=O) groups is 1. The molecule has 2 aromatic heterocycles. The van der Waals surface area contributed by atoms with Crippen molar-refractivity contribution in [2.24, 2.45) is 0 Å². The van der Waals surface area contributed by atoms with Crippen molar-refractivity contribution >= 4 is 44.8 Å². The van der Waals surface area contributed by atoms with Crippen molar-refractivity contribution in [3.05, 3.63) is 52.7 Å². The van der Waals surface area contributed by atoms with Crippen LogP contribution in [0.15, 0.2) is 47.9 Å². The summed E-state index contributed by atoms with van der Waals surface area (Å²) in [6.07, 6.45) is 2.79. The van der Waals surface area contributed by atoms with E-state index in [-0.39, 0.29) is 0 Å². The second kappa shape index (κ2) is 4.99. The Kier molecular flexibility index (Phi) is 3.19. The molecule has 0 unspecified atom stereocenters. The van der Waals surface area contributed by atoms with Gasteiger partial charge in [-0.1, -0.05) is 6.07 Å². The number of thiophene rings is 2. The zero-order valence-corrected chi connectivity index (χ0v) is 11.5. The van der Waals surface area contributed by atoms with Crippen LogP contribution in [0.4, 0.5) is 0 Å². The smallest absolute Gasteiger partial charge is 0.328 e. The highest BCUT2D eigenvalue weighted by molar-refractivity contribution is 7.17. The standard InChI is InChI=1S/C15H10O2S2/c16-15(17)6-3-12-2-5-14(19-12)10-1-4-13-11(9-10)7-8-18-13/h1-9H,(H,16,17). The van der Waals surface area contributed by atoms with Crippen LogP contribution in [0.25, 0.3) is 26.6 Å². The first-order valence-electron chi connectivity index (χ1n) is 5.71. The molecule has 0 spiro atoms. The van der Waals surface area contributed by atoms with Gasteiger partial charge in [0, 0.05) is 20.5 Å². The van der Waals surface area contributed by atoms with Crippen molar-refractivity contribution < 1.29 is 9.90 Å². The Hall–Kier alpha value is -1.91. The van der Waals surface area contributed by atoms with Gasteiger partial charge in [-0.2, -0.15) is 0 Å². The molecule has 1 N–H and O–H groups in total. The Morgan fingerprint density at radius 3 is 2.89 bits per heavy atom. The zero-order chi connectivity index (χ0) is 13.2. The van der Waals surface area contributed by atoms with E-state index in [2.05, 4.69) is 29.6 Å². The summed E-state index contributed by atoms with van der Waals surface area (Å²) in [6.45, 7) is 0. The van der Waals surface area contributed by atoms with E-state index in [1.54, 1.807) is 28.7 Å². The first kappa shape index (κ1) is 12.1. The molecule has 0 saturated carbocycles. The maximum absolute atomic E-state index is 10.5. The van der Waals surface area contributed by atoms with Gasteiger partial charge in [-0.3, -0.25) is 0 Å². The first-order chi connectivity index (χ1) is 9.22. The van der Waals surface area contributed by atoms with E-state index in [9.17, 15) is 4.79 Å². The fourth-order valence-electron chi connectivity index (χ4n) is 1.87. The summed E-state index contributed by atoms with van der Waals surface area (Å²) in [7, 11) is 0. The van der Waals surface area contributed by atoms with Crippen molar-refractivity contribution in [3.8, 4) is 10.4 Å². The molecule has 3 aromatic rings. The Balaban J connectivity index is 1.95. The Morgan fingerprint density at radius 1 is 1.16 bits per heavy atom. The molecule has 0 aliphatic rings. The summed E-state index contributed by atoms with van der Waals surface area (Å²) in [5, 5.41) is 11.9. The van der Waals surface area contributed by atoms with Crippen LogP contribution in [0, 0.1) is 0 Å². The van der Waals surface area contributed by atoms with Gasteiger partial charge < -0.3 is 5.11 Å². The van der Waals surface area contributed by atoms with Crippen LogP contribution in [0.3, 0.4) is 0 Å². The second-order valence-electron chi connectivity index (χ2n) is 4.05. The van der Waals surface area contributed by atoms with Crippen molar-refractivity contribution in [3.63, 3.8) is 0 Å². The Morgan fingerprint density at radius 2 is 2.05 bits per heavy atom. The molecular formula is C15H10O2S2. The number of carboxylic acids is 1. The third kappa shape index (κ3) is 2.59. The van der Waals surface area contributed by atoms with Crippen molar-refractivity contribution in [2.75, 3.05) is 0 Å². The van der Waals surface area contributed by atoms with Gasteiger partial charge in [0.1, 0.15) is 0 Å². The van der Waals surface area contributed by atoms with Crippen LogP contribution in [0.1, 0.15) is 4.88 Å². The Labute approximate surface area is 118 Å². The van der Waals surface area contributed by atoms with Crippen LogP contribution in [-0.2, 0) is 4.79 Å². The van der Waals surface area contributed by atoms with E-state index >= 15 is 0 Å². The van der Waals surface area contributed by atoms with Gasteiger partial charge in [0.2, 0.25) is 0 Å². The molecule has 0 aliphatic carbocycles. The third-order valence-corrected chi connectivity index (χ3v) is 4.75. The van der Waals surface area contributed by atoms with Gasteiger partial charge in [-0.15, -0.1) is 22.7 Å². The van der Waals surface area contributed by atoms with Crippen molar-refractivity contribution in [1.29, 1.82) is 0 Å². The molecule has 2 heterocycles. The molecule has 0 radical (unpaired) electrons. The minimum absolute atomic E-state index is 0.922. The fraction of sp³-hybridized carbons (Fsp3) is 0. The predicted octanol–water partition coefficient (Wildman–Crippen LogP) is 4.73.